The molecule has 0 aromatic carbocycles. The van der Waals surface area contributed by atoms with Gasteiger partial charge in [-0.15, -0.1) is 23.1 Å². The number of aliphatic carboxylic acids is 1. The lowest BCUT2D eigenvalue weighted by Crippen LogP contribution is -2.71. The van der Waals surface area contributed by atoms with Gasteiger partial charge in [0, 0.05) is 16.7 Å². The van der Waals surface area contributed by atoms with E-state index in [4.69, 9.17) is 10.6 Å². The van der Waals surface area contributed by atoms with Gasteiger partial charge in [-0.2, -0.15) is 4.40 Å². The van der Waals surface area contributed by atoms with Crippen molar-refractivity contribution in [2.75, 3.05) is 18.6 Å². The summed E-state index contributed by atoms with van der Waals surface area (Å²) in [5.41, 5.74) is 8.11. The average Bonchev–Trinajstić information content (AvgIpc) is 3.46. The van der Waals surface area contributed by atoms with E-state index in [1.807, 2.05) is 46.6 Å². The minimum absolute atomic E-state index is 0.138. The highest BCUT2D eigenvalue weighted by Crippen LogP contribution is 2.40. The molecular formula is C22H21N7O5S2. The number of carboxylic acids is 1. The van der Waals surface area contributed by atoms with Crippen LogP contribution in [0.2, 0.25) is 0 Å². The van der Waals surface area contributed by atoms with Gasteiger partial charge in [-0.05, 0) is 19.1 Å². The molecule has 0 aliphatic carbocycles. The van der Waals surface area contributed by atoms with Crippen LogP contribution in [0.3, 0.4) is 0 Å². The number of oxime groups is 1. The number of nitrogens with zero attached hydrogens (tertiary/aromatic N) is 5. The van der Waals surface area contributed by atoms with E-state index in [0.717, 1.165) is 22.5 Å². The third kappa shape index (κ3) is 4.07. The van der Waals surface area contributed by atoms with Gasteiger partial charge in [0.25, 0.3) is 11.8 Å². The van der Waals surface area contributed by atoms with Gasteiger partial charge in [-0.3, -0.25) is 14.5 Å². The summed E-state index contributed by atoms with van der Waals surface area (Å²) >= 11 is 2.50. The molecule has 1 fully saturated rings. The highest BCUT2D eigenvalue weighted by Gasteiger charge is 2.53. The Bertz CT molecular complexity index is 1460. The molecule has 5 heterocycles. The molecule has 36 heavy (non-hydrogen) atoms. The molecule has 0 bridgehead atoms. The minimum atomic E-state index is -1.44. The zero-order valence-corrected chi connectivity index (χ0v) is 20.8. The Morgan fingerprint density at radius 1 is 1.42 bits per heavy atom. The lowest BCUT2D eigenvalue weighted by Gasteiger charge is -2.50. The molecule has 2 atom stereocenters. The molecule has 2 aliphatic rings. The molecule has 14 heteroatoms. The lowest BCUT2D eigenvalue weighted by atomic mass is 10.0. The van der Waals surface area contributed by atoms with Crippen molar-refractivity contribution in [3.8, 4) is 0 Å². The lowest BCUT2D eigenvalue weighted by molar-refractivity contribution is -0.520. The summed E-state index contributed by atoms with van der Waals surface area (Å²) in [4.78, 5) is 48.0. The maximum Gasteiger partial charge on any atom is 0.276 e. The quantitative estimate of drug-likeness (QED) is 0.172. The van der Waals surface area contributed by atoms with Crippen LogP contribution in [-0.2, 0) is 25.8 Å². The third-order valence-corrected chi connectivity index (χ3v) is 7.90. The minimum Gasteiger partial charge on any atom is -0.543 e. The van der Waals surface area contributed by atoms with Gasteiger partial charge in [0.05, 0.1) is 11.7 Å². The van der Waals surface area contributed by atoms with Gasteiger partial charge in [0.1, 0.15) is 42.7 Å². The number of carbonyl (C=O) groups is 3. The predicted octanol–water partition coefficient (Wildman–Crippen LogP) is -0.971. The SMILES string of the molecule is CO/N=C(\C(=O)N[C@@H]1C(=O)N2C(C(=O)[O-])=C(Cn3cc4cccc(C)[n+]4c3)CS[C@H]12)c1csc(N)n1. The molecule has 1 saturated heterocycles. The molecule has 12 nitrogen and oxygen atoms in total. The van der Waals surface area contributed by atoms with Crippen LogP contribution in [0.1, 0.15) is 11.4 Å². The van der Waals surface area contributed by atoms with Gasteiger partial charge >= 0.3 is 0 Å². The van der Waals surface area contributed by atoms with Gasteiger partial charge in [-0.1, -0.05) is 11.2 Å². The van der Waals surface area contributed by atoms with E-state index >= 15 is 0 Å². The van der Waals surface area contributed by atoms with Crippen LogP contribution in [-0.4, -0.2) is 62.2 Å². The molecule has 3 aromatic heterocycles. The number of β-lactam (4-membered cyclic amide) rings is 1. The molecule has 5 rings (SSSR count). The number of pyridine rings is 1. The standard InChI is InChI=1S/C22H21N7O5S2/c1-11-4-3-5-13-7-27(10-28(11)13)6-12-8-35-20-16(19(31)29(20)17(12)21(32)33)25-18(30)15(26-34-2)14-9-36-22(23)24-14/h3-5,7,9-10,16,20H,6,8H2,1-2H3,(H3-,23,24,25,30,32,33)/b26-15-/t16-,20-/m1/s1. The van der Waals surface area contributed by atoms with E-state index < -0.39 is 29.2 Å². The fraction of sp³-hybridized carbons (Fsp3) is 0.273. The molecule has 0 spiro atoms. The summed E-state index contributed by atoms with van der Waals surface area (Å²) in [5, 5.41) is 19.6. The normalized spacial score (nSPS) is 19.8. The highest BCUT2D eigenvalue weighted by molar-refractivity contribution is 8.00. The Balaban J connectivity index is 1.36. The van der Waals surface area contributed by atoms with Crippen molar-refractivity contribution in [2.45, 2.75) is 24.9 Å². The Kier molecular flexibility index (Phi) is 6.14. The third-order valence-electron chi connectivity index (χ3n) is 5.89. The van der Waals surface area contributed by atoms with Gasteiger partial charge in [0.2, 0.25) is 6.33 Å². The summed E-state index contributed by atoms with van der Waals surface area (Å²) in [7, 11) is 1.28. The summed E-state index contributed by atoms with van der Waals surface area (Å²) in [5.74, 6) is -2.32. The molecule has 0 unspecified atom stereocenters. The summed E-state index contributed by atoms with van der Waals surface area (Å²) in [6.45, 7) is 2.25. The van der Waals surface area contributed by atoms with Crippen molar-refractivity contribution in [3.63, 3.8) is 0 Å². The number of carboxylic acid groups (broad SMARTS) is 1. The van der Waals surface area contributed by atoms with Gasteiger partial charge < -0.3 is 25.8 Å². The van der Waals surface area contributed by atoms with E-state index in [1.165, 1.54) is 23.8 Å². The van der Waals surface area contributed by atoms with E-state index in [2.05, 4.69) is 15.5 Å². The molecule has 0 radical (unpaired) electrons. The van der Waals surface area contributed by atoms with E-state index in [0.29, 0.717) is 11.3 Å². The number of nitrogens with two attached hydrogens (primary N) is 1. The molecule has 0 saturated carbocycles. The number of hydrogen-bond acceptors (Lipinski definition) is 10. The van der Waals surface area contributed by atoms with Crippen molar-refractivity contribution < 1.29 is 28.7 Å². The van der Waals surface area contributed by atoms with E-state index in [-0.39, 0.29) is 28.8 Å². The predicted molar refractivity (Wildman–Crippen MR) is 129 cm³/mol. The molecule has 2 aliphatic heterocycles. The average molecular weight is 528 g/mol. The second-order valence-corrected chi connectivity index (χ2v) is 10.2. The maximum atomic E-state index is 13.0. The first-order chi connectivity index (χ1) is 17.3. The van der Waals surface area contributed by atoms with Crippen molar-refractivity contribution in [1.82, 2.24) is 19.8 Å². The molecule has 2 amide bonds. The number of fused-ring (bicyclic) bond motifs is 2. The number of amides is 2. The number of imidazole rings is 1. The zero-order chi connectivity index (χ0) is 25.6. The van der Waals surface area contributed by atoms with Crippen LogP contribution < -0.4 is 20.6 Å². The topological polar surface area (TPSA) is 159 Å². The van der Waals surface area contributed by atoms with Crippen molar-refractivity contribution in [2.24, 2.45) is 5.16 Å². The Morgan fingerprint density at radius 3 is 2.89 bits per heavy atom. The Morgan fingerprint density at radius 2 is 2.22 bits per heavy atom. The van der Waals surface area contributed by atoms with Crippen LogP contribution >= 0.6 is 23.1 Å². The maximum absolute atomic E-state index is 13.0. The number of carbonyl (C=O) groups excluding carboxylic acids is 3. The van der Waals surface area contributed by atoms with Crippen molar-refractivity contribution in [3.05, 3.63) is 58.8 Å². The van der Waals surface area contributed by atoms with E-state index in [9.17, 15) is 19.5 Å². The number of rotatable bonds is 7. The van der Waals surface area contributed by atoms with Crippen LogP contribution in [0.25, 0.3) is 5.52 Å². The number of thioether (sulfide) groups is 1. The summed E-state index contributed by atoms with van der Waals surface area (Å²) in [6.07, 6.45) is 3.79. The zero-order valence-electron chi connectivity index (χ0n) is 19.2. The number of nitrogen functional groups attached to an aromatic ring is 1. The molecular weight excluding hydrogens is 506 g/mol. The summed E-state index contributed by atoms with van der Waals surface area (Å²) < 4.78 is 3.87. The van der Waals surface area contributed by atoms with Crippen molar-refractivity contribution >= 4 is 57.2 Å². The molecule has 3 aromatic rings. The number of thiazole rings is 1. The smallest absolute Gasteiger partial charge is 0.276 e. The van der Waals surface area contributed by atoms with Crippen LogP contribution in [0.5, 0.6) is 0 Å². The van der Waals surface area contributed by atoms with Gasteiger partial charge in [-0.25, -0.2) is 9.55 Å². The Labute approximate surface area is 213 Å². The number of aryl methyl sites for hydroxylation is 1. The van der Waals surface area contributed by atoms with Gasteiger partial charge in [0.15, 0.2) is 16.4 Å². The fourth-order valence-corrected chi connectivity index (χ4v) is 6.15. The van der Waals surface area contributed by atoms with Crippen molar-refractivity contribution in [1.29, 1.82) is 0 Å². The second-order valence-electron chi connectivity index (χ2n) is 8.17. The number of hydrogen-bond donors (Lipinski definition) is 2. The summed E-state index contributed by atoms with van der Waals surface area (Å²) in [6, 6.07) is 4.94. The highest BCUT2D eigenvalue weighted by atomic mass is 32.2. The van der Waals surface area contributed by atoms with Crippen LogP contribution in [0, 0.1) is 6.92 Å². The van der Waals surface area contributed by atoms with E-state index in [1.54, 1.807) is 5.38 Å². The number of anilines is 1. The second kappa shape index (κ2) is 9.28. The molecule has 3 N–H and O–H groups in total. The first-order valence-corrected chi connectivity index (χ1v) is 12.7. The monoisotopic (exact) mass is 527 g/mol. The van der Waals surface area contributed by atoms with Crippen LogP contribution in [0.4, 0.5) is 5.13 Å². The number of nitrogens with one attached hydrogen (secondary N) is 1. The fourth-order valence-electron chi connectivity index (χ4n) is 4.27. The molecule has 186 valence electrons. The largest absolute Gasteiger partial charge is 0.543 e. The number of aromatic nitrogens is 3. The first-order valence-electron chi connectivity index (χ1n) is 10.8. The van der Waals surface area contributed by atoms with Crippen LogP contribution in [0.15, 0.2) is 52.5 Å². The Hall–Kier alpha value is -3.91. The first kappa shape index (κ1) is 23.8.